The van der Waals surface area contributed by atoms with Gasteiger partial charge in [0.15, 0.2) is 5.16 Å². The number of hydrogen-bond acceptors (Lipinski definition) is 4. The molecule has 3 rings (SSSR count). The molecule has 9 heteroatoms. The number of thioether (sulfide) groups is 1. The third kappa shape index (κ3) is 4.32. The second kappa shape index (κ2) is 8.31. The van der Waals surface area contributed by atoms with Gasteiger partial charge in [0.25, 0.3) is 0 Å². The molecule has 1 amide bonds. The molecule has 1 heterocycles. The van der Waals surface area contributed by atoms with E-state index in [2.05, 4.69) is 15.5 Å². The van der Waals surface area contributed by atoms with Crippen molar-refractivity contribution < 1.29 is 4.79 Å². The monoisotopic (exact) mass is 426 g/mol. The normalized spacial score (nSPS) is 10.8. The molecule has 0 radical (unpaired) electrons. The molecular weight excluding hydrogens is 415 g/mol. The maximum atomic E-state index is 12.3. The summed E-state index contributed by atoms with van der Waals surface area (Å²) >= 11 is 19.3. The van der Waals surface area contributed by atoms with E-state index in [1.807, 2.05) is 41.8 Å². The van der Waals surface area contributed by atoms with E-state index in [4.69, 9.17) is 34.8 Å². The molecule has 1 N–H and O–H groups in total. The van der Waals surface area contributed by atoms with Crippen LogP contribution in [0.3, 0.4) is 0 Å². The van der Waals surface area contributed by atoms with Crippen LogP contribution in [0.5, 0.6) is 0 Å². The van der Waals surface area contributed by atoms with E-state index in [1.54, 1.807) is 0 Å². The van der Waals surface area contributed by atoms with Gasteiger partial charge in [-0.3, -0.25) is 9.36 Å². The Morgan fingerprint density at radius 3 is 2.42 bits per heavy atom. The van der Waals surface area contributed by atoms with Crippen molar-refractivity contribution in [3.63, 3.8) is 0 Å². The molecule has 1 aromatic heterocycles. The molecule has 26 heavy (non-hydrogen) atoms. The van der Waals surface area contributed by atoms with Crippen molar-refractivity contribution in [1.82, 2.24) is 14.8 Å². The summed E-state index contributed by atoms with van der Waals surface area (Å²) in [6.45, 7) is 1.86. The summed E-state index contributed by atoms with van der Waals surface area (Å²) in [7, 11) is 0. The number of aryl methyl sites for hydroxylation is 1. The number of anilines is 1. The second-order valence-electron chi connectivity index (χ2n) is 5.28. The fraction of sp³-hybridized carbons (Fsp3) is 0.118. The summed E-state index contributed by atoms with van der Waals surface area (Å²) in [5.74, 6) is 0.601. The van der Waals surface area contributed by atoms with Crippen molar-refractivity contribution in [2.45, 2.75) is 12.1 Å². The van der Waals surface area contributed by atoms with Gasteiger partial charge >= 0.3 is 0 Å². The maximum Gasteiger partial charge on any atom is 0.234 e. The number of nitrogens with zero attached hydrogens (tertiary/aromatic N) is 3. The first kappa shape index (κ1) is 19.0. The second-order valence-corrected chi connectivity index (χ2v) is 7.48. The number of aromatic nitrogens is 3. The Labute approximate surface area is 169 Å². The summed E-state index contributed by atoms with van der Waals surface area (Å²) in [5, 5.41) is 12.5. The smallest absolute Gasteiger partial charge is 0.234 e. The van der Waals surface area contributed by atoms with Crippen LogP contribution in [0.4, 0.5) is 5.69 Å². The molecule has 2 aromatic carbocycles. The van der Waals surface area contributed by atoms with Crippen LogP contribution in [-0.2, 0) is 4.79 Å². The fourth-order valence-electron chi connectivity index (χ4n) is 2.28. The Hall–Kier alpha value is -1.73. The number of carbonyl (C=O) groups excluding carboxylic acids is 1. The first-order valence-corrected chi connectivity index (χ1v) is 9.62. The van der Waals surface area contributed by atoms with Crippen molar-refractivity contribution in [3.05, 3.63) is 63.4 Å². The lowest BCUT2D eigenvalue weighted by atomic mass is 10.3. The summed E-state index contributed by atoms with van der Waals surface area (Å²) in [6, 6.07) is 12.7. The van der Waals surface area contributed by atoms with E-state index in [0.717, 1.165) is 11.5 Å². The Balaban J connectivity index is 1.72. The van der Waals surface area contributed by atoms with Crippen molar-refractivity contribution in [2.75, 3.05) is 11.1 Å². The highest BCUT2D eigenvalue weighted by Gasteiger charge is 2.15. The summed E-state index contributed by atoms with van der Waals surface area (Å²) < 4.78 is 1.89. The molecule has 0 unspecified atom stereocenters. The van der Waals surface area contributed by atoms with Crippen LogP contribution in [0.1, 0.15) is 5.82 Å². The predicted octanol–water partition coefficient (Wildman–Crippen LogP) is 5.27. The van der Waals surface area contributed by atoms with Gasteiger partial charge in [-0.2, -0.15) is 0 Å². The van der Waals surface area contributed by atoms with Gasteiger partial charge in [-0.1, -0.05) is 64.8 Å². The molecule has 0 fully saturated rings. The molecule has 3 aromatic rings. The minimum Gasteiger partial charge on any atom is -0.323 e. The van der Waals surface area contributed by atoms with Crippen molar-refractivity contribution in [1.29, 1.82) is 0 Å². The molecule has 0 aliphatic rings. The molecule has 5 nitrogen and oxygen atoms in total. The molecule has 0 atom stereocenters. The quantitative estimate of drug-likeness (QED) is 0.564. The van der Waals surface area contributed by atoms with Crippen LogP contribution in [0.2, 0.25) is 15.1 Å². The third-order valence-electron chi connectivity index (χ3n) is 3.41. The summed E-state index contributed by atoms with van der Waals surface area (Å²) in [4.78, 5) is 12.3. The number of nitrogens with one attached hydrogen (secondary N) is 1. The molecule has 0 spiro atoms. The summed E-state index contributed by atoms with van der Waals surface area (Å²) in [5.41, 5.74) is 1.27. The average molecular weight is 428 g/mol. The van der Waals surface area contributed by atoms with Gasteiger partial charge < -0.3 is 5.32 Å². The highest BCUT2D eigenvalue weighted by Crippen LogP contribution is 2.34. The van der Waals surface area contributed by atoms with Gasteiger partial charge in [-0.25, -0.2) is 0 Å². The topological polar surface area (TPSA) is 59.8 Å². The number of rotatable bonds is 5. The van der Waals surface area contributed by atoms with E-state index in [0.29, 0.717) is 15.9 Å². The number of amides is 1. The molecule has 0 saturated carbocycles. The zero-order valence-corrected chi connectivity index (χ0v) is 16.6. The summed E-state index contributed by atoms with van der Waals surface area (Å²) in [6.07, 6.45) is 0. The van der Waals surface area contributed by atoms with Gasteiger partial charge in [-0.15, -0.1) is 10.2 Å². The standard InChI is InChI=1S/C17H13Cl3N4OS/c1-10-22-23-17(24(10)12-5-3-2-4-6-12)26-9-15(25)21-16-13(19)7-11(18)8-14(16)20/h2-8H,9H2,1H3,(H,21,25). The zero-order chi connectivity index (χ0) is 18.7. The van der Waals surface area contributed by atoms with Crippen LogP contribution < -0.4 is 5.32 Å². The Kier molecular flexibility index (Phi) is 6.09. The lowest BCUT2D eigenvalue weighted by molar-refractivity contribution is -0.113. The number of halogens is 3. The Morgan fingerprint density at radius 2 is 1.77 bits per heavy atom. The Morgan fingerprint density at radius 1 is 1.12 bits per heavy atom. The SMILES string of the molecule is Cc1nnc(SCC(=O)Nc2c(Cl)cc(Cl)cc2Cl)n1-c1ccccc1. The number of para-hydroxylation sites is 1. The first-order valence-electron chi connectivity index (χ1n) is 7.50. The zero-order valence-electron chi connectivity index (χ0n) is 13.5. The number of carbonyl (C=O) groups is 1. The first-order chi connectivity index (χ1) is 12.5. The maximum absolute atomic E-state index is 12.3. The molecule has 0 aliphatic heterocycles. The van der Waals surface area contributed by atoms with Crippen LogP contribution in [-0.4, -0.2) is 26.4 Å². The van der Waals surface area contributed by atoms with E-state index in [-0.39, 0.29) is 21.7 Å². The highest BCUT2D eigenvalue weighted by molar-refractivity contribution is 7.99. The van der Waals surface area contributed by atoms with Crippen molar-refractivity contribution >= 4 is 58.2 Å². The van der Waals surface area contributed by atoms with Crippen LogP contribution in [0.25, 0.3) is 5.69 Å². The predicted molar refractivity (Wildman–Crippen MR) is 107 cm³/mol. The number of hydrogen-bond donors (Lipinski definition) is 1. The van der Waals surface area contributed by atoms with E-state index >= 15 is 0 Å². The van der Waals surface area contributed by atoms with E-state index < -0.39 is 0 Å². The molecule has 0 aliphatic carbocycles. The van der Waals surface area contributed by atoms with Crippen molar-refractivity contribution in [3.8, 4) is 5.69 Å². The van der Waals surface area contributed by atoms with Gasteiger partial charge in [0.1, 0.15) is 5.82 Å². The van der Waals surface area contributed by atoms with Gasteiger partial charge in [0.05, 0.1) is 21.5 Å². The van der Waals surface area contributed by atoms with Gasteiger partial charge in [-0.05, 0) is 31.2 Å². The van der Waals surface area contributed by atoms with Gasteiger partial charge in [0, 0.05) is 10.7 Å². The Bertz CT molecular complexity index is 923. The lowest BCUT2D eigenvalue weighted by Gasteiger charge is -2.10. The third-order valence-corrected chi connectivity index (χ3v) is 5.16. The van der Waals surface area contributed by atoms with Crippen LogP contribution >= 0.6 is 46.6 Å². The molecule has 134 valence electrons. The van der Waals surface area contributed by atoms with Crippen molar-refractivity contribution in [2.24, 2.45) is 0 Å². The lowest BCUT2D eigenvalue weighted by Crippen LogP contribution is -2.15. The minimum absolute atomic E-state index is 0.125. The van der Waals surface area contributed by atoms with Crippen LogP contribution in [0.15, 0.2) is 47.6 Å². The molecule has 0 saturated heterocycles. The molecular formula is C17H13Cl3N4OS. The van der Waals surface area contributed by atoms with E-state index in [1.165, 1.54) is 23.9 Å². The van der Waals surface area contributed by atoms with Crippen LogP contribution in [0, 0.1) is 6.92 Å². The average Bonchev–Trinajstić information content (AvgIpc) is 2.97. The highest BCUT2D eigenvalue weighted by atomic mass is 35.5. The fourth-order valence-corrected chi connectivity index (χ4v) is 3.99. The van der Waals surface area contributed by atoms with Gasteiger partial charge in [0.2, 0.25) is 5.91 Å². The number of benzene rings is 2. The minimum atomic E-state index is -0.263. The largest absolute Gasteiger partial charge is 0.323 e. The molecule has 0 bridgehead atoms. The van der Waals surface area contributed by atoms with E-state index in [9.17, 15) is 4.79 Å².